The fourth-order valence-electron chi connectivity index (χ4n) is 2.37. The highest BCUT2D eigenvalue weighted by atomic mass is 19.1. The molecule has 0 radical (unpaired) electrons. The number of halogens is 1. The van der Waals surface area contributed by atoms with Gasteiger partial charge in [0.2, 0.25) is 11.8 Å². The van der Waals surface area contributed by atoms with Gasteiger partial charge in [0.05, 0.1) is 24.8 Å². The van der Waals surface area contributed by atoms with Gasteiger partial charge in [-0.1, -0.05) is 12.1 Å². The summed E-state index contributed by atoms with van der Waals surface area (Å²) in [4.78, 5) is 27.9. The number of H-pyrrole nitrogens is 1. The highest BCUT2D eigenvalue weighted by Gasteiger charge is 2.09. The maximum Gasteiger partial charge on any atom is 0.243 e. The van der Waals surface area contributed by atoms with E-state index in [1.54, 1.807) is 12.1 Å². The van der Waals surface area contributed by atoms with Crippen molar-refractivity contribution < 1.29 is 14.0 Å². The molecule has 0 aliphatic heterocycles. The number of carbonyl (C=O) groups excluding carboxylic acids is 2. The lowest BCUT2D eigenvalue weighted by Gasteiger charge is -2.07. The van der Waals surface area contributed by atoms with Crippen LogP contribution >= 0.6 is 0 Å². The van der Waals surface area contributed by atoms with E-state index in [1.807, 2.05) is 6.92 Å². The van der Waals surface area contributed by atoms with E-state index < -0.39 is 5.82 Å². The van der Waals surface area contributed by atoms with Crippen molar-refractivity contribution in [1.82, 2.24) is 20.5 Å². The molecule has 0 bridgehead atoms. The Morgan fingerprint density at radius 2 is 2.08 bits per heavy atom. The Bertz CT molecular complexity index is 938. The second kappa shape index (κ2) is 7.08. The highest BCUT2D eigenvalue weighted by Crippen LogP contribution is 2.17. The number of pyridine rings is 1. The first-order chi connectivity index (χ1) is 12.0. The third-order valence-corrected chi connectivity index (χ3v) is 3.58. The Balaban J connectivity index is 1.53. The van der Waals surface area contributed by atoms with E-state index in [4.69, 9.17) is 0 Å². The number of fused-ring (bicyclic) bond motifs is 1. The lowest BCUT2D eigenvalue weighted by molar-refractivity contribution is -0.123. The number of aromatic amines is 1. The molecule has 0 aliphatic rings. The number of nitrogens with zero attached hydrogens (tertiary/aromatic N) is 2. The fourth-order valence-corrected chi connectivity index (χ4v) is 2.37. The van der Waals surface area contributed by atoms with Crippen molar-refractivity contribution in [3.8, 4) is 0 Å². The smallest absolute Gasteiger partial charge is 0.243 e. The zero-order valence-electron chi connectivity index (χ0n) is 13.5. The number of hydrogen-bond acceptors (Lipinski definition) is 4. The molecule has 7 nitrogen and oxygen atoms in total. The molecule has 3 rings (SSSR count). The molecule has 0 aliphatic carbocycles. The Labute approximate surface area is 142 Å². The van der Waals surface area contributed by atoms with E-state index >= 15 is 0 Å². The van der Waals surface area contributed by atoms with Gasteiger partial charge in [-0.15, -0.1) is 0 Å². The normalized spacial score (nSPS) is 10.6. The van der Waals surface area contributed by atoms with E-state index in [1.165, 1.54) is 24.4 Å². The number of rotatable bonds is 5. The minimum absolute atomic E-state index is 0.00672. The number of anilines is 1. The van der Waals surface area contributed by atoms with Crippen molar-refractivity contribution in [2.24, 2.45) is 0 Å². The van der Waals surface area contributed by atoms with Crippen molar-refractivity contribution in [3.63, 3.8) is 0 Å². The second-order valence-electron chi connectivity index (χ2n) is 5.58. The van der Waals surface area contributed by atoms with Gasteiger partial charge in [0.1, 0.15) is 5.82 Å². The third kappa shape index (κ3) is 4.17. The molecule has 128 valence electrons. The van der Waals surface area contributed by atoms with Crippen LogP contribution in [0.15, 0.2) is 36.5 Å². The summed E-state index contributed by atoms with van der Waals surface area (Å²) in [5.74, 6) is -1.14. The summed E-state index contributed by atoms with van der Waals surface area (Å²) >= 11 is 0. The predicted molar refractivity (Wildman–Crippen MR) is 90.4 cm³/mol. The van der Waals surface area contributed by atoms with Crippen molar-refractivity contribution in [2.45, 2.75) is 13.3 Å². The Kier molecular flexibility index (Phi) is 4.69. The predicted octanol–water partition coefficient (Wildman–Crippen LogP) is 1.70. The molecule has 0 saturated heterocycles. The number of carbonyl (C=O) groups is 2. The van der Waals surface area contributed by atoms with Crippen LogP contribution in [0.2, 0.25) is 0 Å². The Morgan fingerprint density at radius 1 is 1.24 bits per heavy atom. The summed E-state index contributed by atoms with van der Waals surface area (Å²) in [6.45, 7) is 1.67. The second-order valence-corrected chi connectivity index (χ2v) is 5.58. The number of hydrogen-bond donors (Lipinski definition) is 3. The molecule has 2 heterocycles. The molecule has 25 heavy (non-hydrogen) atoms. The number of amides is 2. The van der Waals surface area contributed by atoms with E-state index in [-0.39, 0.29) is 24.8 Å². The van der Waals surface area contributed by atoms with E-state index in [9.17, 15) is 14.0 Å². The maximum atomic E-state index is 13.1. The topological polar surface area (TPSA) is 99.8 Å². The zero-order valence-corrected chi connectivity index (χ0v) is 13.5. The summed E-state index contributed by atoms with van der Waals surface area (Å²) in [5, 5.41) is 12.8. The monoisotopic (exact) mass is 341 g/mol. The number of benzene rings is 1. The first-order valence-corrected chi connectivity index (χ1v) is 7.63. The van der Waals surface area contributed by atoms with Gasteiger partial charge in [0.25, 0.3) is 0 Å². The van der Waals surface area contributed by atoms with E-state index in [0.29, 0.717) is 16.9 Å². The lowest BCUT2D eigenvalue weighted by Crippen LogP contribution is -2.33. The van der Waals surface area contributed by atoms with Gasteiger partial charge in [0, 0.05) is 11.1 Å². The van der Waals surface area contributed by atoms with Crippen LogP contribution in [0.1, 0.15) is 11.3 Å². The number of nitrogens with one attached hydrogen (secondary N) is 3. The Hall–Kier alpha value is -3.29. The average molecular weight is 341 g/mol. The molecule has 8 heteroatoms. The third-order valence-electron chi connectivity index (χ3n) is 3.58. The summed E-state index contributed by atoms with van der Waals surface area (Å²) in [6.07, 6.45) is 1.50. The standard InChI is InChI=1S/C17H16FN5O2/c1-10-14-7-13(8-20-17(14)23-22-10)21-16(25)9-19-15(24)6-11-3-2-4-12(18)5-11/h2-5,7-8H,6,9H2,1H3,(H,19,24)(H,21,25)(H,20,22,23). The Morgan fingerprint density at radius 3 is 2.88 bits per heavy atom. The molecule has 0 fully saturated rings. The molecule has 2 aromatic heterocycles. The zero-order chi connectivity index (χ0) is 17.8. The summed E-state index contributed by atoms with van der Waals surface area (Å²) < 4.78 is 13.1. The average Bonchev–Trinajstić information content (AvgIpc) is 2.94. The van der Waals surface area contributed by atoms with Crippen molar-refractivity contribution in [3.05, 3.63) is 53.6 Å². The molecular formula is C17H16FN5O2. The minimum Gasteiger partial charge on any atom is -0.347 e. The van der Waals surface area contributed by atoms with Crippen molar-refractivity contribution in [1.29, 1.82) is 0 Å². The minimum atomic E-state index is -0.402. The van der Waals surface area contributed by atoms with Gasteiger partial charge in [-0.05, 0) is 30.7 Å². The van der Waals surface area contributed by atoms with Crippen LogP contribution in [0.5, 0.6) is 0 Å². The van der Waals surface area contributed by atoms with Crippen LogP contribution in [0.4, 0.5) is 10.1 Å². The van der Waals surface area contributed by atoms with E-state index in [2.05, 4.69) is 25.8 Å². The SMILES string of the molecule is Cc1[nH]nc2ncc(NC(=O)CNC(=O)Cc3cccc(F)c3)cc12. The molecule has 0 unspecified atom stereocenters. The van der Waals surface area contributed by atoms with Gasteiger partial charge in [-0.2, -0.15) is 5.10 Å². The molecule has 1 aromatic carbocycles. The van der Waals surface area contributed by atoms with Crippen LogP contribution in [-0.2, 0) is 16.0 Å². The van der Waals surface area contributed by atoms with Gasteiger partial charge < -0.3 is 10.6 Å². The summed E-state index contributed by atoms with van der Waals surface area (Å²) in [5.41, 5.74) is 2.48. The molecule has 0 saturated carbocycles. The van der Waals surface area contributed by atoms with Gasteiger partial charge in [0.15, 0.2) is 5.65 Å². The maximum absolute atomic E-state index is 13.1. The van der Waals surface area contributed by atoms with Crippen molar-refractivity contribution >= 4 is 28.5 Å². The van der Waals surface area contributed by atoms with Crippen molar-refractivity contribution in [2.75, 3.05) is 11.9 Å². The highest BCUT2D eigenvalue weighted by molar-refractivity contribution is 5.96. The summed E-state index contributed by atoms with van der Waals surface area (Å²) in [6, 6.07) is 7.53. The lowest BCUT2D eigenvalue weighted by atomic mass is 10.1. The largest absolute Gasteiger partial charge is 0.347 e. The van der Waals surface area contributed by atoms with Crippen LogP contribution < -0.4 is 10.6 Å². The fraction of sp³-hybridized carbons (Fsp3) is 0.176. The molecule has 2 amide bonds. The molecular weight excluding hydrogens is 325 g/mol. The van der Waals surface area contributed by atoms with Crippen LogP contribution in [0.25, 0.3) is 11.0 Å². The molecule has 3 N–H and O–H groups in total. The summed E-state index contributed by atoms with van der Waals surface area (Å²) in [7, 11) is 0. The van der Waals surface area contributed by atoms with Gasteiger partial charge in [-0.3, -0.25) is 14.7 Å². The first-order valence-electron chi connectivity index (χ1n) is 7.63. The van der Waals surface area contributed by atoms with Gasteiger partial charge >= 0.3 is 0 Å². The molecule has 0 atom stereocenters. The van der Waals surface area contributed by atoms with Crippen LogP contribution in [0, 0.1) is 12.7 Å². The quantitative estimate of drug-likeness (QED) is 0.658. The van der Waals surface area contributed by atoms with Crippen LogP contribution in [0.3, 0.4) is 0 Å². The number of aryl methyl sites for hydroxylation is 1. The first kappa shape index (κ1) is 16.6. The van der Waals surface area contributed by atoms with E-state index in [0.717, 1.165) is 11.1 Å². The van der Waals surface area contributed by atoms with Crippen LogP contribution in [-0.4, -0.2) is 33.5 Å². The molecule has 3 aromatic rings. The number of aromatic nitrogens is 3. The molecule has 0 spiro atoms. The van der Waals surface area contributed by atoms with Gasteiger partial charge in [-0.25, -0.2) is 9.37 Å².